The van der Waals surface area contributed by atoms with E-state index in [-0.39, 0.29) is 11.9 Å². The summed E-state index contributed by atoms with van der Waals surface area (Å²) in [7, 11) is 0. The molecule has 1 aromatic carbocycles. The minimum Gasteiger partial charge on any atom is -0.486 e. The number of esters is 1. The third-order valence-electron chi connectivity index (χ3n) is 6.25. The standard InChI is InChI=1S/C18H21NO5/c1-16(2)17(3)6-7-18(16,24-15(17)21)14(20)19-11-4-5-12-13(10-11)23-9-8-22-12/h4-5,10H,6-9H2,1-3H3,(H,19,20)/t17-,18-/m0/s1. The summed E-state index contributed by atoms with van der Waals surface area (Å²) in [6.07, 6.45) is 1.20. The van der Waals surface area contributed by atoms with Crippen LogP contribution in [0.25, 0.3) is 0 Å². The Morgan fingerprint density at radius 2 is 1.79 bits per heavy atom. The van der Waals surface area contributed by atoms with E-state index < -0.39 is 16.4 Å². The molecule has 1 N–H and O–H groups in total. The summed E-state index contributed by atoms with van der Waals surface area (Å²) in [5, 5.41) is 2.89. The van der Waals surface area contributed by atoms with Gasteiger partial charge in [-0.2, -0.15) is 0 Å². The van der Waals surface area contributed by atoms with E-state index >= 15 is 0 Å². The van der Waals surface area contributed by atoms with Gasteiger partial charge >= 0.3 is 5.97 Å². The van der Waals surface area contributed by atoms with E-state index in [1.54, 1.807) is 18.2 Å². The van der Waals surface area contributed by atoms with E-state index in [4.69, 9.17) is 14.2 Å². The zero-order chi connectivity index (χ0) is 17.2. The van der Waals surface area contributed by atoms with Gasteiger partial charge < -0.3 is 19.5 Å². The molecule has 0 radical (unpaired) electrons. The van der Waals surface area contributed by atoms with Gasteiger partial charge in [-0.05, 0) is 31.9 Å². The molecule has 6 nitrogen and oxygen atoms in total. The van der Waals surface area contributed by atoms with Gasteiger partial charge in [0.25, 0.3) is 5.91 Å². The Bertz CT molecular complexity index is 743. The Morgan fingerprint density at radius 1 is 1.08 bits per heavy atom. The predicted molar refractivity (Wildman–Crippen MR) is 86.0 cm³/mol. The minimum absolute atomic E-state index is 0.279. The minimum atomic E-state index is -1.12. The van der Waals surface area contributed by atoms with E-state index in [1.807, 2.05) is 20.8 Å². The van der Waals surface area contributed by atoms with Crippen LogP contribution in [-0.2, 0) is 14.3 Å². The highest BCUT2D eigenvalue weighted by Gasteiger charge is 2.75. The van der Waals surface area contributed by atoms with E-state index in [0.29, 0.717) is 43.2 Å². The number of rotatable bonds is 2. The van der Waals surface area contributed by atoms with Crippen LogP contribution < -0.4 is 14.8 Å². The fourth-order valence-corrected chi connectivity index (χ4v) is 4.10. The number of hydrogen-bond donors (Lipinski definition) is 1. The van der Waals surface area contributed by atoms with Gasteiger partial charge in [-0.1, -0.05) is 13.8 Å². The number of carbonyl (C=O) groups is 2. The van der Waals surface area contributed by atoms with Crippen LogP contribution in [0.1, 0.15) is 33.6 Å². The molecule has 2 bridgehead atoms. The highest BCUT2D eigenvalue weighted by Crippen LogP contribution is 2.65. The fourth-order valence-electron chi connectivity index (χ4n) is 4.10. The van der Waals surface area contributed by atoms with Crippen LogP contribution in [0.15, 0.2) is 18.2 Å². The first-order chi connectivity index (χ1) is 11.3. The summed E-state index contributed by atoms with van der Waals surface area (Å²) in [5.41, 5.74) is -1.69. The summed E-state index contributed by atoms with van der Waals surface area (Å²) in [6, 6.07) is 5.27. The van der Waals surface area contributed by atoms with E-state index in [1.165, 1.54) is 0 Å². The van der Waals surface area contributed by atoms with Gasteiger partial charge in [0.05, 0.1) is 5.41 Å². The van der Waals surface area contributed by atoms with Crippen molar-refractivity contribution in [2.24, 2.45) is 10.8 Å². The van der Waals surface area contributed by atoms with Gasteiger partial charge in [-0.3, -0.25) is 9.59 Å². The predicted octanol–water partition coefficient (Wildman–Crippen LogP) is 2.52. The number of anilines is 1. The summed E-state index contributed by atoms with van der Waals surface area (Å²) in [5.74, 6) is 0.712. The van der Waals surface area contributed by atoms with Crippen molar-refractivity contribution in [3.63, 3.8) is 0 Å². The Balaban J connectivity index is 1.62. The SMILES string of the molecule is CC1(C)[C@@]2(C)CC[C@@]1(C(=O)Nc1ccc3c(c1)OCCO3)OC2=O. The highest BCUT2D eigenvalue weighted by atomic mass is 16.6. The number of benzene rings is 1. The van der Waals surface area contributed by atoms with Crippen LogP contribution in [0.2, 0.25) is 0 Å². The molecular weight excluding hydrogens is 310 g/mol. The number of ether oxygens (including phenoxy) is 3. The number of nitrogens with one attached hydrogen (secondary N) is 1. The number of amides is 1. The van der Waals surface area contributed by atoms with Crippen molar-refractivity contribution in [3.05, 3.63) is 18.2 Å². The molecule has 6 heteroatoms. The molecule has 1 aliphatic carbocycles. The molecule has 1 saturated carbocycles. The van der Waals surface area contributed by atoms with Gasteiger partial charge in [-0.15, -0.1) is 0 Å². The second-order valence-electron chi connectivity index (χ2n) is 7.49. The quantitative estimate of drug-likeness (QED) is 0.843. The number of fused-ring (bicyclic) bond motifs is 3. The molecule has 1 saturated heterocycles. The molecule has 0 spiro atoms. The zero-order valence-electron chi connectivity index (χ0n) is 14.1. The first-order valence-corrected chi connectivity index (χ1v) is 8.25. The maximum absolute atomic E-state index is 13.0. The average Bonchev–Trinajstić information content (AvgIpc) is 2.85. The molecule has 2 aliphatic heterocycles. The lowest BCUT2D eigenvalue weighted by molar-refractivity contribution is -0.165. The molecule has 3 aliphatic rings. The molecule has 2 fully saturated rings. The molecule has 2 heterocycles. The van der Waals surface area contributed by atoms with Crippen molar-refractivity contribution in [2.75, 3.05) is 18.5 Å². The van der Waals surface area contributed by atoms with Crippen molar-refractivity contribution in [3.8, 4) is 11.5 Å². The maximum Gasteiger partial charge on any atom is 0.313 e. The van der Waals surface area contributed by atoms with E-state index in [9.17, 15) is 9.59 Å². The Labute approximate surface area is 140 Å². The van der Waals surface area contributed by atoms with Crippen LogP contribution >= 0.6 is 0 Å². The van der Waals surface area contributed by atoms with Gasteiger partial charge in [0, 0.05) is 17.2 Å². The van der Waals surface area contributed by atoms with E-state index in [2.05, 4.69) is 5.32 Å². The number of hydrogen-bond acceptors (Lipinski definition) is 5. The summed E-state index contributed by atoms with van der Waals surface area (Å²) < 4.78 is 16.6. The smallest absolute Gasteiger partial charge is 0.313 e. The van der Waals surface area contributed by atoms with Crippen molar-refractivity contribution in [1.82, 2.24) is 0 Å². The Kier molecular flexibility index (Phi) is 2.96. The van der Waals surface area contributed by atoms with Crippen molar-refractivity contribution in [1.29, 1.82) is 0 Å². The maximum atomic E-state index is 13.0. The van der Waals surface area contributed by atoms with Gasteiger partial charge in [0.15, 0.2) is 17.1 Å². The third kappa shape index (κ3) is 1.71. The molecular formula is C18H21NO5. The van der Waals surface area contributed by atoms with Gasteiger partial charge in [0.1, 0.15) is 13.2 Å². The Hall–Kier alpha value is -2.24. The van der Waals surface area contributed by atoms with Crippen LogP contribution in [-0.4, -0.2) is 30.7 Å². The average molecular weight is 331 g/mol. The third-order valence-corrected chi connectivity index (χ3v) is 6.25. The van der Waals surface area contributed by atoms with Gasteiger partial charge in [-0.25, -0.2) is 0 Å². The number of carbonyl (C=O) groups excluding carboxylic acids is 2. The normalized spacial score (nSPS) is 32.4. The topological polar surface area (TPSA) is 73.9 Å². The molecule has 0 unspecified atom stereocenters. The van der Waals surface area contributed by atoms with Crippen LogP contribution in [0.3, 0.4) is 0 Å². The molecule has 0 aromatic heterocycles. The molecule has 1 aromatic rings. The fraction of sp³-hybridized carbons (Fsp3) is 0.556. The molecule has 24 heavy (non-hydrogen) atoms. The summed E-state index contributed by atoms with van der Waals surface area (Å²) in [6.45, 7) is 6.77. The molecule has 1 amide bonds. The lowest BCUT2D eigenvalue weighted by Crippen LogP contribution is -2.50. The van der Waals surface area contributed by atoms with Crippen LogP contribution in [0, 0.1) is 10.8 Å². The zero-order valence-corrected chi connectivity index (χ0v) is 14.1. The molecule has 4 rings (SSSR count). The van der Waals surface area contributed by atoms with Gasteiger partial charge in [0.2, 0.25) is 0 Å². The van der Waals surface area contributed by atoms with Crippen molar-refractivity contribution >= 4 is 17.6 Å². The largest absolute Gasteiger partial charge is 0.486 e. The van der Waals surface area contributed by atoms with E-state index in [0.717, 1.165) is 0 Å². The second-order valence-corrected chi connectivity index (χ2v) is 7.49. The van der Waals surface area contributed by atoms with Crippen molar-refractivity contribution in [2.45, 2.75) is 39.2 Å². The van der Waals surface area contributed by atoms with Crippen LogP contribution in [0.5, 0.6) is 11.5 Å². The lowest BCUT2D eigenvalue weighted by atomic mass is 9.66. The Morgan fingerprint density at radius 3 is 2.42 bits per heavy atom. The highest BCUT2D eigenvalue weighted by molar-refractivity contribution is 6.03. The first kappa shape index (κ1) is 15.3. The molecule has 128 valence electrons. The monoisotopic (exact) mass is 331 g/mol. The van der Waals surface area contributed by atoms with Crippen molar-refractivity contribution < 1.29 is 23.8 Å². The summed E-state index contributed by atoms with van der Waals surface area (Å²) in [4.78, 5) is 25.3. The first-order valence-electron chi connectivity index (χ1n) is 8.25. The van der Waals surface area contributed by atoms with Crippen LogP contribution in [0.4, 0.5) is 5.69 Å². The lowest BCUT2D eigenvalue weighted by Gasteiger charge is -2.35. The second kappa shape index (κ2) is 4.65. The summed E-state index contributed by atoms with van der Waals surface area (Å²) >= 11 is 0. The molecule has 2 atom stereocenters.